The third-order valence-corrected chi connectivity index (χ3v) is 3.24. The van der Waals surface area contributed by atoms with Crippen LogP contribution in [-0.4, -0.2) is 37.0 Å². The molecule has 1 fully saturated rings. The molecule has 4 nitrogen and oxygen atoms in total. The smallest absolute Gasteiger partial charge is 0.253 e. The van der Waals surface area contributed by atoms with Gasteiger partial charge in [-0.2, -0.15) is 0 Å². The minimum absolute atomic E-state index is 0.111. The first-order valence-electron chi connectivity index (χ1n) is 5.97. The van der Waals surface area contributed by atoms with Crippen LogP contribution in [0.15, 0.2) is 24.3 Å². The van der Waals surface area contributed by atoms with Crippen LogP contribution in [0.1, 0.15) is 23.2 Å². The summed E-state index contributed by atoms with van der Waals surface area (Å²) in [5.74, 6) is 0.887. The van der Waals surface area contributed by atoms with Crippen molar-refractivity contribution in [2.45, 2.75) is 18.9 Å². The highest BCUT2D eigenvalue weighted by Crippen LogP contribution is 2.15. The molecular weight excluding hydrogens is 216 g/mol. The van der Waals surface area contributed by atoms with E-state index in [0.717, 1.165) is 37.2 Å². The second-order valence-corrected chi connectivity index (χ2v) is 4.46. The maximum absolute atomic E-state index is 12.2. The zero-order valence-electron chi connectivity index (χ0n) is 10.2. The van der Waals surface area contributed by atoms with Gasteiger partial charge in [0.05, 0.1) is 13.2 Å². The molecule has 0 unspecified atom stereocenters. The molecule has 1 aliphatic rings. The van der Waals surface area contributed by atoms with Crippen LogP contribution in [0.4, 0.5) is 0 Å². The average molecular weight is 235 g/mol. The minimum atomic E-state index is 0.111. The second-order valence-electron chi connectivity index (χ2n) is 4.46. The molecule has 1 aromatic carbocycles. The number of benzene rings is 1. The van der Waals surface area contributed by atoms with Crippen molar-refractivity contribution < 1.29 is 15.3 Å². The fourth-order valence-corrected chi connectivity index (χ4v) is 2.05. The van der Waals surface area contributed by atoms with Crippen molar-refractivity contribution in [3.05, 3.63) is 29.8 Å². The van der Waals surface area contributed by atoms with E-state index in [2.05, 4.69) is 5.73 Å². The number of methoxy groups -OCH3 is 1. The fourth-order valence-electron chi connectivity index (χ4n) is 2.05. The molecule has 1 amide bonds. The van der Waals surface area contributed by atoms with Crippen molar-refractivity contribution >= 4 is 5.91 Å². The Morgan fingerprint density at radius 2 is 1.88 bits per heavy atom. The largest absolute Gasteiger partial charge is 0.497 e. The van der Waals surface area contributed by atoms with Crippen molar-refractivity contribution in [1.82, 2.24) is 4.90 Å². The summed E-state index contributed by atoms with van der Waals surface area (Å²) < 4.78 is 5.08. The standard InChI is InChI=1S/C13H18N2O2/c1-17-12-4-2-10(3-5-12)13(16)15-8-6-11(14)7-9-15/h2-5,11H,6-9,14H2,1H3/p+1. The molecule has 92 valence electrons. The second kappa shape index (κ2) is 5.19. The Kier molecular flexibility index (Phi) is 3.64. The molecule has 1 saturated heterocycles. The van der Waals surface area contributed by atoms with Gasteiger partial charge in [-0.15, -0.1) is 0 Å². The molecule has 17 heavy (non-hydrogen) atoms. The molecule has 1 heterocycles. The van der Waals surface area contributed by atoms with E-state index in [4.69, 9.17) is 4.74 Å². The summed E-state index contributed by atoms with van der Waals surface area (Å²) in [5, 5.41) is 0. The highest BCUT2D eigenvalue weighted by atomic mass is 16.5. The van der Waals surface area contributed by atoms with Gasteiger partial charge in [-0.05, 0) is 24.3 Å². The lowest BCUT2D eigenvalue weighted by atomic mass is 10.0. The lowest BCUT2D eigenvalue weighted by Gasteiger charge is -2.28. The van der Waals surface area contributed by atoms with E-state index in [0.29, 0.717) is 6.04 Å². The molecule has 4 heteroatoms. The maximum Gasteiger partial charge on any atom is 0.253 e. The molecule has 0 saturated carbocycles. The third kappa shape index (κ3) is 2.77. The fraction of sp³-hybridized carbons (Fsp3) is 0.462. The monoisotopic (exact) mass is 235 g/mol. The molecule has 2 rings (SSSR count). The van der Waals surface area contributed by atoms with Gasteiger partial charge < -0.3 is 15.4 Å². The summed E-state index contributed by atoms with van der Waals surface area (Å²) in [6.07, 6.45) is 2.00. The molecule has 0 aromatic heterocycles. The summed E-state index contributed by atoms with van der Waals surface area (Å²) in [5.41, 5.74) is 4.76. The number of hydrogen-bond donors (Lipinski definition) is 1. The van der Waals surface area contributed by atoms with Gasteiger partial charge in [0, 0.05) is 31.5 Å². The number of piperidine rings is 1. The molecule has 1 aromatic rings. The normalized spacial score (nSPS) is 16.9. The number of ether oxygens (including phenoxy) is 1. The van der Waals surface area contributed by atoms with E-state index >= 15 is 0 Å². The number of quaternary nitrogens is 1. The molecule has 0 atom stereocenters. The van der Waals surface area contributed by atoms with Crippen molar-refractivity contribution in [3.63, 3.8) is 0 Å². The number of rotatable bonds is 2. The summed E-state index contributed by atoms with van der Waals surface area (Å²) in [7, 11) is 1.62. The van der Waals surface area contributed by atoms with E-state index in [1.807, 2.05) is 29.2 Å². The SMILES string of the molecule is COc1ccc(C(=O)N2CCC([NH3+])CC2)cc1. The van der Waals surface area contributed by atoms with Crippen molar-refractivity contribution in [2.24, 2.45) is 0 Å². The van der Waals surface area contributed by atoms with Crippen LogP contribution in [0, 0.1) is 0 Å². The highest BCUT2D eigenvalue weighted by molar-refractivity contribution is 5.94. The predicted octanol–water partition coefficient (Wildman–Crippen LogP) is 0.542. The van der Waals surface area contributed by atoms with Crippen LogP contribution in [-0.2, 0) is 0 Å². The van der Waals surface area contributed by atoms with E-state index in [1.54, 1.807) is 7.11 Å². The van der Waals surface area contributed by atoms with Crippen LogP contribution in [0.2, 0.25) is 0 Å². The van der Waals surface area contributed by atoms with E-state index < -0.39 is 0 Å². The van der Waals surface area contributed by atoms with Gasteiger partial charge in [0.15, 0.2) is 0 Å². The topological polar surface area (TPSA) is 57.2 Å². The Labute approximate surface area is 101 Å². The first-order chi connectivity index (χ1) is 8.20. The van der Waals surface area contributed by atoms with Gasteiger partial charge in [-0.1, -0.05) is 0 Å². The first-order valence-corrected chi connectivity index (χ1v) is 5.97. The van der Waals surface area contributed by atoms with Crippen molar-refractivity contribution in [2.75, 3.05) is 20.2 Å². The van der Waals surface area contributed by atoms with Gasteiger partial charge in [0.1, 0.15) is 5.75 Å². The quantitative estimate of drug-likeness (QED) is 0.813. The molecule has 0 bridgehead atoms. The van der Waals surface area contributed by atoms with Gasteiger partial charge >= 0.3 is 0 Å². The summed E-state index contributed by atoms with van der Waals surface area (Å²) >= 11 is 0. The Balaban J connectivity index is 2.03. The van der Waals surface area contributed by atoms with E-state index in [-0.39, 0.29) is 5.91 Å². The Morgan fingerprint density at radius 3 is 2.41 bits per heavy atom. The molecule has 1 aliphatic heterocycles. The zero-order valence-corrected chi connectivity index (χ0v) is 10.2. The van der Waals surface area contributed by atoms with Crippen LogP contribution in [0.5, 0.6) is 5.75 Å². The highest BCUT2D eigenvalue weighted by Gasteiger charge is 2.23. The van der Waals surface area contributed by atoms with Crippen LogP contribution >= 0.6 is 0 Å². The number of likely N-dealkylation sites (tertiary alicyclic amines) is 1. The van der Waals surface area contributed by atoms with Crippen LogP contribution < -0.4 is 10.5 Å². The van der Waals surface area contributed by atoms with Crippen molar-refractivity contribution in [1.29, 1.82) is 0 Å². The van der Waals surface area contributed by atoms with Crippen LogP contribution in [0.3, 0.4) is 0 Å². The molecule has 0 radical (unpaired) electrons. The summed E-state index contributed by atoms with van der Waals surface area (Å²) in [4.78, 5) is 14.1. The lowest BCUT2D eigenvalue weighted by molar-refractivity contribution is -0.425. The van der Waals surface area contributed by atoms with E-state index in [1.165, 1.54) is 0 Å². The zero-order chi connectivity index (χ0) is 12.3. The lowest BCUT2D eigenvalue weighted by Crippen LogP contribution is -2.64. The number of amides is 1. The summed E-state index contributed by atoms with van der Waals surface area (Å²) in [6, 6.07) is 7.77. The van der Waals surface area contributed by atoms with Gasteiger partial charge in [0.2, 0.25) is 0 Å². The van der Waals surface area contributed by atoms with E-state index in [9.17, 15) is 4.79 Å². The number of nitrogens with zero attached hydrogens (tertiary/aromatic N) is 1. The van der Waals surface area contributed by atoms with Crippen molar-refractivity contribution in [3.8, 4) is 5.75 Å². The number of carbonyl (C=O) groups excluding carboxylic acids is 1. The predicted molar refractivity (Wildman–Crippen MR) is 64.8 cm³/mol. The van der Waals surface area contributed by atoms with Gasteiger partial charge in [0.25, 0.3) is 5.91 Å². The number of carbonyl (C=O) groups is 1. The minimum Gasteiger partial charge on any atom is -0.497 e. The Morgan fingerprint density at radius 1 is 1.29 bits per heavy atom. The maximum atomic E-state index is 12.2. The van der Waals surface area contributed by atoms with Gasteiger partial charge in [-0.25, -0.2) is 0 Å². The molecule has 0 spiro atoms. The Bertz CT molecular complexity index is 381. The first kappa shape index (κ1) is 11.9. The van der Waals surface area contributed by atoms with Gasteiger partial charge in [-0.3, -0.25) is 4.79 Å². The molecule has 3 N–H and O–H groups in total. The van der Waals surface area contributed by atoms with Crippen LogP contribution in [0.25, 0.3) is 0 Å². The number of hydrogen-bond acceptors (Lipinski definition) is 2. The molecular formula is C13H19N2O2+. The third-order valence-electron chi connectivity index (χ3n) is 3.24. The Hall–Kier alpha value is -1.55. The summed E-state index contributed by atoms with van der Waals surface area (Å²) in [6.45, 7) is 1.64. The molecule has 0 aliphatic carbocycles. The average Bonchev–Trinajstić information content (AvgIpc) is 2.39.